The van der Waals surface area contributed by atoms with Gasteiger partial charge in [-0.25, -0.2) is 4.98 Å². The van der Waals surface area contributed by atoms with Crippen molar-refractivity contribution in [2.24, 2.45) is 5.10 Å². The Morgan fingerprint density at radius 3 is 2.87 bits per heavy atom. The van der Waals surface area contributed by atoms with Gasteiger partial charge in [-0.3, -0.25) is 4.79 Å². The summed E-state index contributed by atoms with van der Waals surface area (Å²) in [6.45, 7) is 2.18. The van der Waals surface area contributed by atoms with Crippen molar-refractivity contribution in [3.05, 3.63) is 66.0 Å². The van der Waals surface area contributed by atoms with E-state index in [0.717, 1.165) is 17.3 Å². The Labute approximate surface area is 196 Å². The minimum absolute atomic E-state index is 0.0916. The van der Waals surface area contributed by atoms with Crippen LogP contribution in [0.4, 0.5) is 0 Å². The first-order valence-corrected chi connectivity index (χ1v) is 11.2. The molecule has 0 N–H and O–H groups in total. The van der Waals surface area contributed by atoms with Crippen LogP contribution in [0.1, 0.15) is 31.2 Å². The van der Waals surface area contributed by atoms with E-state index in [1.54, 1.807) is 18.2 Å². The number of hydrogen-bond donors (Lipinski definition) is 0. The first-order valence-electron chi connectivity index (χ1n) is 9.25. The number of benzene rings is 2. The highest BCUT2D eigenvalue weighted by Gasteiger charge is 2.13. The van der Waals surface area contributed by atoms with E-state index in [9.17, 15) is 4.79 Å². The minimum atomic E-state index is -0.240. The monoisotopic (exact) mass is 549 g/mol. The molecule has 3 aromatic rings. The van der Waals surface area contributed by atoms with Crippen LogP contribution in [-0.4, -0.2) is 22.5 Å². The summed E-state index contributed by atoms with van der Waals surface area (Å²) in [7, 11) is 0. The molecule has 8 heteroatoms. The number of nitrogens with zero attached hydrogens (tertiary/aromatic N) is 3. The fourth-order valence-corrected chi connectivity index (χ4v) is 4.18. The van der Waals surface area contributed by atoms with Crippen molar-refractivity contribution >= 4 is 60.6 Å². The molecule has 1 aromatic heterocycles. The lowest BCUT2D eigenvalue weighted by atomic mass is 10.2. The molecule has 0 saturated heterocycles. The van der Waals surface area contributed by atoms with Gasteiger partial charge in [0.15, 0.2) is 0 Å². The molecule has 5 nitrogen and oxygen atoms in total. The van der Waals surface area contributed by atoms with Gasteiger partial charge in [-0.05, 0) is 52.7 Å². The van der Waals surface area contributed by atoms with E-state index in [4.69, 9.17) is 22.8 Å². The summed E-state index contributed by atoms with van der Waals surface area (Å²) in [6, 6.07) is 8.84. The summed E-state index contributed by atoms with van der Waals surface area (Å²) in [5.41, 5.74) is 0.993. The van der Waals surface area contributed by atoms with Crippen LogP contribution in [-0.2, 0) is 6.42 Å². The number of hydrogen-bond acceptors (Lipinski definition) is 4. The van der Waals surface area contributed by atoms with E-state index in [1.165, 1.54) is 10.9 Å². The molecular formula is C22H18Br2ClN3O2. The Morgan fingerprint density at radius 1 is 1.33 bits per heavy atom. The van der Waals surface area contributed by atoms with Crippen LogP contribution in [0.2, 0.25) is 5.02 Å². The van der Waals surface area contributed by atoms with Crippen LogP contribution in [0.3, 0.4) is 0 Å². The van der Waals surface area contributed by atoms with Gasteiger partial charge < -0.3 is 4.74 Å². The maximum Gasteiger partial charge on any atom is 0.282 e. The summed E-state index contributed by atoms with van der Waals surface area (Å²) < 4.78 is 8.41. The largest absolute Gasteiger partial charge is 0.479 e. The number of unbranched alkanes of at least 4 members (excludes halogenated alkanes) is 1. The van der Waals surface area contributed by atoms with E-state index in [1.807, 2.05) is 12.1 Å². The van der Waals surface area contributed by atoms with Gasteiger partial charge in [0.25, 0.3) is 5.56 Å². The van der Waals surface area contributed by atoms with Crippen LogP contribution in [0.5, 0.6) is 5.75 Å². The zero-order chi connectivity index (χ0) is 21.7. The Hall–Kier alpha value is -2.14. The zero-order valence-electron chi connectivity index (χ0n) is 16.2. The third-order valence-corrected chi connectivity index (χ3v) is 5.58. The van der Waals surface area contributed by atoms with Crippen molar-refractivity contribution in [1.82, 2.24) is 9.66 Å². The highest BCUT2D eigenvalue weighted by Crippen LogP contribution is 2.32. The van der Waals surface area contributed by atoms with E-state index in [-0.39, 0.29) is 12.2 Å². The van der Waals surface area contributed by atoms with E-state index in [2.05, 4.69) is 54.8 Å². The van der Waals surface area contributed by atoms with Crippen LogP contribution in [0.15, 0.2) is 49.2 Å². The lowest BCUT2D eigenvalue weighted by Gasteiger charge is -2.11. The molecule has 0 aliphatic carbocycles. The number of rotatable bonds is 7. The average Bonchev–Trinajstić information content (AvgIpc) is 2.71. The summed E-state index contributed by atoms with van der Waals surface area (Å²) in [5, 5.41) is 5.43. The SMILES string of the molecule is C#CCOc1c(Br)cc(Cl)cc1C=Nn1c(CCCC)nc2ccc(Br)cc2c1=O. The molecule has 30 heavy (non-hydrogen) atoms. The van der Waals surface area contributed by atoms with Gasteiger partial charge in [-0.1, -0.05) is 46.8 Å². The first kappa shape index (κ1) is 22.5. The van der Waals surface area contributed by atoms with Gasteiger partial charge in [0.1, 0.15) is 18.2 Å². The minimum Gasteiger partial charge on any atom is -0.479 e. The second-order valence-electron chi connectivity index (χ2n) is 6.45. The molecule has 0 aliphatic rings. The summed E-state index contributed by atoms with van der Waals surface area (Å²) in [4.78, 5) is 17.8. The Balaban J connectivity index is 2.15. The van der Waals surface area contributed by atoms with Crippen molar-refractivity contribution in [3.8, 4) is 18.1 Å². The molecule has 0 radical (unpaired) electrons. The van der Waals surface area contributed by atoms with Gasteiger partial charge in [-0.2, -0.15) is 9.78 Å². The normalized spacial score (nSPS) is 11.2. The molecule has 0 atom stereocenters. The predicted molar refractivity (Wildman–Crippen MR) is 129 cm³/mol. The number of halogens is 3. The fraction of sp³-hybridized carbons (Fsp3) is 0.227. The van der Waals surface area contributed by atoms with Gasteiger partial charge in [-0.15, -0.1) is 6.42 Å². The number of ether oxygens (including phenoxy) is 1. The molecule has 0 spiro atoms. The molecular weight excluding hydrogens is 534 g/mol. The Bertz CT molecular complexity index is 1220. The van der Waals surface area contributed by atoms with Crippen molar-refractivity contribution in [3.63, 3.8) is 0 Å². The third kappa shape index (κ3) is 5.12. The average molecular weight is 552 g/mol. The molecule has 0 saturated carbocycles. The molecule has 0 unspecified atom stereocenters. The predicted octanol–water partition coefficient (Wildman–Crippen LogP) is 5.81. The second kappa shape index (κ2) is 10.3. The standard InChI is InChI=1S/C22H18Br2ClN3O2/c1-3-5-6-20-27-19-8-7-15(23)11-17(19)22(29)28(20)26-13-14-10-16(25)12-18(24)21(14)30-9-4-2/h2,7-8,10-13H,3,5-6,9H2,1H3. The molecule has 0 bridgehead atoms. The molecule has 0 fully saturated rings. The van der Waals surface area contributed by atoms with Crippen molar-refractivity contribution in [2.75, 3.05) is 6.61 Å². The Kier molecular flexibility index (Phi) is 7.70. The number of fused-ring (bicyclic) bond motifs is 1. The van der Waals surface area contributed by atoms with Gasteiger partial charge in [0.05, 0.1) is 21.6 Å². The Morgan fingerprint density at radius 2 is 2.13 bits per heavy atom. The lowest BCUT2D eigenvalue weighted by molar-refractivity contribution is 0.367. The highest BCUT2D eigenvalue weighted by molar-refractivity contribution is 9.10. The topological polar surface area (TPSA) is 56.5 Å². The summed E-state index contributed by atoms with van der Waals surface area (Å²) in [6.07, 6.45) is 9.35. The second-order valence-corrected chi connectivity index (χ2v) is 8.66. The van der Waals surface area contributed by atoms with Crippen molar-refractivity contribution < 1.29 is 4.74 Å². The van der Waals surface area contributed by atoms with E-state index in [0.29, 0.717) is 44.0 Å². The summed E-state index contributed by atoms with van der Waals surface area (Å²) in [5.74, 6) is 3.53. The number of aromatic nitrogens is 2. The fourth-order valence-electron chi connectivity index (χ4n) is 2.87. The zero-order valence-corrected chi connectivity index (χ0v) is 20.1. The van der Waals surface area contributed by atoms with Crippen LogP contribution >= 0.6 is 43.5 Å². The molecule has 0 amide bonds. The molecule has 0 aliphatic heterocycles. The van der Waals surface area contributed by atoms with Gasteiger partial charge in [0.2, 0.25) is 0 Å². The third-order valence-electron chi connectivity index (χ3n) is 4.28. The van der Waals surface area contributed by atoms with E-state index < -0.39 is 0 Å². The van der Waals surface area contributed by atoms with E-state index >= 15 is 0 Å². The van der Waals surface area contributed by atoms with Crippen LogP contribution in [0, 0.1) is 12.3 Å². The van der Waals surface area contributed by atoms with Crippen LogP contribution in [0.25, 0.3) is 10.9 Å². The maximum atomic E-state index is 13.2. The van der Waals surface area contributed by atoms with Crippen LogP contribution < -0.4 is 10.3 Å². The molecule has 1 heterocycles. The highest BCUT2D eigenvalue weighted by atomic mass is 79.9. The lowest BCUT2D eigenvalue weighted by Crippen LogP contribution is -2.22. The molecule has 154 valence electrons. The first-order chi connectivity index (χ1) is 14.4. The summed E-state index contributed by atoms with van der Waals surface area (Å²) >= 11 is 13.0. The molecule has 2 aromatic carbocycles. The van der Waals surface area contributed by atoms with Crippen molar-refractivity contribution in [1.29, 1.82) is 0 Å². The smallest absolute Gasteiger partial charge is 0.282 e. The molecule has 3 rings (SSSR count). The number of aryl methyl sites for hydroxylation is 1. The quantitative estimate of drug-likeness (QED) is 0.275. The number of terminal acetylenes is 1. The van der Waals surface area contributed by atoms with Crippen molar-refractivity contribution in [2.45, 2.75) is 26.2 Å². The van der Waals surface area contributed by atoms with Gasteiger partial charge in [0, 0.05) is 21.5 Å². The maximum absolute atomic E-state index is 13.2. The van der Waals surface area contributed by atoms with Gasteiger partial charge >= 0.3 is 0 Å².